The van der Waals surface area contributed by atoms with Gasteiger partial charge >= 0.3 is 0 Å². The van der Waals surface area contributed by atoms with Crippen LogP contribution in [0, 0.1) is 5.82 Å². The molecule has 1 atom stereocenters. The van der Waals surface area contributed by atoms with Gasteiger partial charge in [-0.2, -0.15) is 0 Å². The van der Waals surface area contributed by atoms with Crippen molar-refractivity contribution in [3.8, 4) is 0 Å². The lowest BCUT2D eigenvalue weighted by atomic mass is 10.1. The quantitative estimate of drug-likeness (QED) is 0.827. The number of carbonyl (C=O) groups is 1. The fourth-order valence-corrected chi connectivity index (χ4v) is 2.00. The summed E-state index contributed by atoms with van der Waals surface area (Å²) >= 11 is 0. The molecule has 0 aromatic heterocycles. The van der Waals surface area contributed by atoms with Crippen molar-refractivity contribution in [1.82, 2.24) is 5.32 Å². The second-order valence-electron chi connectivity index (χ2n) is 4.45. The molecule has 0 heterocycles. The Balaban J connectivity index is 3.17. The number of carbonyl (C=O) groups excluding carboxylic acids is 1. The topological polar surface area (TPSA) is 52.6 Å². The Kier molecular flexibility index (Phi) is 5.76. The van der Waals surface area contributed by atoms with Crippen molar-refractivity contribution in [3.63, 3.8) is 0 Å². The van der Waals surface area contributed by atoms with E-state index >= 15 is 0 Å². The maximum absolute atomic E-state index is 14.1. The Bertz CT molecular complexity index is 435. The second-order valence-corrected chi connectivity index (χ2v) is 4.45. The number of para-hydroxylation sites is 1. The van der Waals surface area contributed by atoms with Crippen LogP contribution in [-0.2, 0) is 4.79 Å². The van der Waals surface area contributed by atoms with Gasteiger partial charge in [-0.05, 0) is 19.4 Å². The molecule has 1 aromatic rings. The van der Waals surface area contributed by atoms with Crippen molar-refractivity contribution in [3.05, 3.63) is 29.6 Å². The molecule has 0 radical (unpaired) electrons. The van der Waals surface area contributed by atoms with Crippen molar-refractivity contribution in [1.29, 1.82) is 0 Å². The molecule has 1 aromatic carbocycles. The molecule has 0 aliphatic carbocycles. The summed E-state index contributed by atoms with van der Waals surface area (Å²) in [5.41, 5.74) is 0.806. The number of nitrogens with one attached hydrogen (secondary N) is 1. The predicted molar refractivity (Wildman–Crippen MR) is 73.6 cm³/mol. The van der Waals surface area contributed by atoms with Gasteiger partial charge < -0.3 is 15.3 Å². The molecular formula is C14H21FN2O2. The van der Waals surface area contributed by atoms with Crippen molar-refractivity contribution in [2.75, 3.05) is 25.0 Å². The number of likely N-dealkylation sites (N-methyl/N-ethyl adjacent to an activating group) is 1. The molecule has 0 spiro atoms. The lowest BCUT2D eigenvalue weighted by Gasteiger charge is -2.27. The van der Waals surface area contributed by atoms with Gasteiger partial charge in [0.15, 0.2) is 0 Å². The van der Waals surface area contributed by atoms with E-state index in [1.54, 1.807) is 31.0 Å². The second kappa shape index (κ2) is 7.09. The summed E-state index contributed by atoms with van der Waals surface area (Å²) in [4.78, 5) is 13.2. The highest BCUT2D eigenvalue weighted by molar-refractivity contribution is 5.81. The van der Waals surface area contributed by atoms with Crippen molar-refractivity contribution in [2.45, 2.75) is 26.4 Å². The highest BCUT2D eigenvalue weighted by atomic mass is 19.1. The first-order valence-corrected chi connectivity index (χ1v) is 6.43. The van der Waals surface area contributed by atoms with Crippen LogP contribution in [0.1, 0.15) is 31.9 Å². The summed E-state index contributed by atoms with van der Waals surface area (Å²) in [6, 6.07) is 4.58. The van der Waals surface area contributed by atoms with Gasteiger partial charge in [-0.25, -0.2) is 4.39 Å². The number of aliphatic hydroxyl groups excluding tert-OH is 1. The summed E-state index contributed by atoms with van der Waals surface area (Å²) in [5, 5.41) is 12.3. The summed E-state index contributed by atoms with van der Waals surface area (Å²) in [6.45, 7) is 4.17. The minimum atomic E-state index is -0.783. The molecule has 19 heavy (non-hydrogen) atoms. The lowest BCUT2D eigenvalue weighted by molar-refractivity contribution is -0.119. The number of anilines is 1. The van der Waals surface area contributed by atoms with Gasteiger partial charge in [-0.15, -0.1) is 0 Å². The molecule has 0 bridgehead atoms. The summed E-state index contributed by atoms with van der Waals surface area (Å²) in [5.74, 6) is -0.607. The van der Waals surface area contributed by atoms with Crippen molar-refractivity contribution < 1.29 is 14.3 Å². The van der Waals surface area contributed by atoms with E-state index in [1.807, 2.05) is 6.92 Å². The SMILES string of the molecule is CCCN(CC(=O)NC)c1c(F)cccc1[C@H](C)O. The largest absolute Gasteiger partial charge is 0.389 e. The molecule has 106 valence electrons. The minimum absolute atomic E-state index is 0.0744. The molecule has 5 heteroatoms. The first-order chi connectivity index (χ1) is 9.01. The molecule has 4 nitrogen and oxygen atoms in total. The standard InChI is InChI=1S/C14H21FN2O2/c1-4-8-17(9-13(19)16-3)14-11(10(2)18)6-5-7-12(14)15/h5-7,10,18H,4,8-9H2,1-3H3,(H,16,19)/t10-/m0/s1. The van der Waals surface area contributed by atoms with Gasteiger partial charge in [0.1, 0.15) is 5.82 Å². The van der Waals surface area contributed by atoms with Crippen LogP contribution in [0.15, 0.2) is 18.2 Å². The van der Waals surface area contributed by atoms with E-state index in [2.05, 4.69) is 5.32 Å². The Hall–Kier alpha value is -1.62. The van der Waals surface area contributed by atoms with Crippen LogP contribution in [0.3, 0.4) is 0 Å². The normalized spacial score (nSPS) is 12.1. The van der Waals surface area contributed by atoms with E-state index in [1.165, 1.54) is 6.07 Å². The van der Waals surface area contributed by atoms with Crippen LogP contribution in [0.2, 0.25) is 0 Å². The monoisotopic (exact) mass is 268 g/mol. The third-order valence-corrected chi connectivity index (χ3v) is 2.89. The fraction of sp³-hybridized carbons (Fsp3) is 0.500. The van der Waals surface area contributed by atoms with Crippen LogP contribution in [0.25, 0.3) is 0 Å². The van der Waals surface area contributed by atoms with Gasteiger partial charge in [0.2, 0.25) is 5.91 Å². The average Bonchev–Trinajstić information content (AvgIpc) is 2.37. The zero-order valence-electron chi connectivity index (χ0n) is 11.6. The van der Waals surface area contributed by atoms with E-state index in [4.69, 9.17) is 0 Å². The summed E-state index contributed by atoms with van der Waals surface area (Å²) in [7, 11) is 1.55. The molecule has 0 aliphatic heterocycles. The number of amides is 1. The van der Waals surface area contributed by atoms with Gasteiger partial charge in [0, 0.05) is 19.2 Å². The molecule has 0 saturated carbocycles. The Morgan fingerprint density at radius 1 is 1.53 bits per heavy atom. The third kappa shape index (κ3) is 3.92. The van der Waals surface area contributed by atoms with E-state index < -0.39 is 11.9 Å². The van der Waals surface area contributed by atoms with E-state index in [9.17, 15) is 14.3 Å². The minimum Gasteiger partial charge on any atom is -0.389 e. The van der Waals surface area contributed by atoms with E-state index in [0.29, 0.717) is 17.8 Å². The first-order valence-electron chi connectivity index (χ1n) is 6.43. The third-order valence-electron chi connectivity index (χ3n) is 2.89. The Labute approximate surface area is 113 Å². The number of rotatable bonds is 6. The molecule has 2 N–H and O–H groups in total. The zero-order chi connectivity index (χ0) is 14.4. The van der Waals surface area contributed by atoms with Gasteiger partial charge in [0.05, 0.1) is 18.3 Å². The number of nitrogens with zero attached hydrogens (tertiary/aromatic N) is 1. The summed E-state index contributed by atoms with van der Waals surface area (Å²) in [6.07, 6.45) is -0.000325. The Morgan fingerprint density at radius 3 is 2.74 bits per heavy atom. The number of hydrogen-bond acceptors (Lipinski definition) is 3. The van der Waals surface area contributed by atoms with Crippen LogP contribution in [0.4, 0.5) is 10.1 Å². The zero-order valence-corrected chi connectivity index (χ0v) is 11.6. The highest BCUT2D eigenvalue weighted by Gasteiger charge is 2.19. The number of aliphatic hydroxyl groups is 1. The fourth-order valence-electron chi connectivity index (χ4n) is 2.00. The molecule has 0 saturated heterocycles. The average molecular weight is 268 g/mol. The molecule has 0 aliphatic rings. The summed E-state index contributed by atoms with van der Waals surface area (Å²) < 4.78 is 14.1. The smallest absolute Gasteiger partial charge is 0.239 e. The number of benzene rings is 1. The van der Waals surface area contributed by atoms with Gasteiger partial charge in [0.25, 0.3) is 0 Å². The van der Waals surface area contributed by atoms with Gasteiger partial charge in [-0.3, -0.25) is 4.79 Å². The number of halogens is 1. The van der Waals surface area contributed by atoms with E-state index in [0.717, 1.165) is 6.42 Å². The van der Waals surface area contributed by atoms with Crippen LogP contribution >= 0.6 is 0 Å². The maximum atomic E-state index is 14.1. The van der Waals surface area contributed by atoms with Crippen LogP contribution in [0.5, 0.6) is 0 Å². The first kappa shape index (κ1) is 15.4. The highest BCUT2D eigenvalue weighted by Crippen LogP contribution is 2.29. The number of hydrogen-bond donors (Lipinski definition) is 2. The van der Waals surface area contributed by atoms with Gasteiger partial charge in [-0.1, -0.05) is 19.1 Å². The van der Waals surface area contributed by atoms with Crippen LogP contribution in [-0.4, -0.2) is 31.2 Å². The molecule has 1 amide bonds. The van der Waals surface area contributed by atoms with Crippen molar-refractivity contribution in [2.24, 2.45) is 0 Å². The molecule has 0 unspecified atom stereocenters. The molecular weight excluding hydrogens is 247 g/mol. The predicted octanol–water partition coefficient (Wildman–Crippen LogP) is 1.84. The molecule has 1 rings (SSSR count). The van der Waals surface area contributed by atoms with Crippen LogP contribution < -0.4 is 10.2 Å². The van der Waals surface area contributed by atoms with E-state index in [-0.39, 0.29) is 12.5 Å². The molecule has 0 fully saturated rings. The van der Waals surface area contributed by atoms with Crippen molar-refractivity contribution >= 4 is 11.6 Å². The maximum Gasteiger partial charge on any atom is 0.239 e. The Morgan fingerprint density at radius 2 is 2.21 bits per heavy atom. The lowest BCUT2D eigenvalue weighted by Crippen LogP contribution is -2.37.